The molecule has 2 atom stereocenters. The minimum absolute atomic E-state index is 0.268. The maximum absolute atomic E-state index is 5.77. The number of nitrogens with two attached hydrogens (primary N) is 1. The third-order valence-corrected chi connectivity index (χ3v) is 4.76. The van der Waals surface area contributed by atoms with Gasteiger partial charge < -0.3 is 9.64 Å². The van der Waals surface area contributed by atoms with Crippen molar-refractivity contribution < 1.29 is 4.74 Å². The lowest BCUT2D eigenvalue weighted by molar-refractivity contribution is 0.214. The standard InChI is InChI=1S/C14H23N3OS/c1-17-6-7-19-10-14(17)13(16-15)9-11-4-3-5-12(8-11)18-2/h3-5,8,13-14,16H,6-7,9-10,15H2,1-2H3. The van der Waals surface area contributed by atoms with Crippen LogP contribution >= 0.6 is 11.8 Å². The van der Waals surface area contributed by atoms with Crippen LogP contribution in [0.4, 0.5) is 0 Å². The van der Waals surface area contributed by atoms with Crippen LogP contribution in [0.3, 0.4) is 0 Å². The fourth-order valence-electron chi connectivity index (χ4n) is 2.49. The molecule has 0 amide bonds. The van der Waals surface area contributed by atoms with Crippen LogP contribution in [0, 0.1) is 0 Å². The molecule has 1 aliphatic rings. The molecule has 1 aromatic carbocycles. The maximum Gasteiger partial charge on any atom is 0.119 e. The largest absolute Gasteiger partial charge is 0.497 e. The second-order valence-corrected chi connectivity index (χ2v) is 6.10. The Morgan fingerprint density at radius 3 is 3.11 bits per heavy atom. The number of hydrogen-bond acceptors (Lipinski definition) is 5. The molecule has 5 heteroatoms. The second kappa shape index (κ2) is 7.14. The lowest BCUT2D eigenvalue weighted by atomic mass is 9.99. The number of likely N-dealkylation sites (N-methyl/N-ethyl adjacent to an activating group) is 1. The molecule has 2 unspecified atom stereocenters. The number of hydrogen-bond donors (Lipinski definition) is 2. The summed E-state index contributed by atoms with van der Waals surface area (Å²) in [5.74, 6) is 9.02. The molecule has 1 heterocycles. The Hall–Kier alpha value is -0.750. The van der Waals surface area contributed by atoms with E-state index in [1.165, 1.54) is 11.3 Å². The highest BCUT2D eigenvalue weighted by Gasteiger charge is 2.27. The summed E-state index contributed by atoms with van der Waals surface area (Å²) in [6, 6.07) is 8.96. The van der Waals surface area contributed by atoms with Crippen molar-refractivity contribution in [3.05, 3.63) is 29.8 Å². The van der Waals surface area contributed by atoms with E-state index in [2.05, 4.69) is 29.5 Å². The van der Waals surface area contributed by atoms with E-state index in [-0.39, 0.29) is 6.04 Å². The van der Waals surface area contributed by atoms with Gasteiger partial charge in [0.05, 0.1) is 7.11 Å². The van der Waals surface area contributed by atoms with Crippen molar-refractivity contribution in [3.8, 4) is 5.75 Å². The summed E-state index contributed by atoms with van der Waals surface area (Å²) in [4.78, 5) is 2.40. The Morgan fingerprint density at radius 2 is 2.42 bits per heavy atom. The number of nitrogens with zero attached hydrogens (tertiary/aromatic N) is 1. The Bertz CT molecular complexity index is 402. The van der Waals surface area contributed by atoms with Gasteiger partial charge >= 0.3 is 0 Å². The van der Waals surface area contributed by atoms with Gasteiger partial charge in [-0.15, -0.1) is 0 Å². The molecule has 3 N–H and O–H groups in total. The van der Waals surface area contributed by atoms with Crippen molar-refractivity contribution >= 4 is 11.8 Å². The molecule has 4 nitrogen and oxygen atoms in total. The van der Waals surface area contributed by atoms with Gasteiger partial charge in [-0.25, -0.2) is 0 Å². The van der Waals surface area contributed by atoms with Gasteiger partial charge in [-0.2, -0.15) is 11.8 Å². The first-order chi connectivity index (χ1) is 9.24. The predicted molar refractivity (Wildman–Crippen MR) is 81.6 cm³/mol. The van der Waals surface area contributed by atoms with Crippen LogP contribution in [0.15, 0.2) is 24.3 Å². The average Bonchev–Trinajstić information content (AvgIpc) is 2.46. The number of thioether (sulfide) groups is 1. The van der Waals surface area contributed by atoms with E-state index in [9.17, 15) is 0 Å². The Kier molecular flexibility index (Phi) is 5.51. The van der Waals surface area contributed by atoms with E-state index in [0.29, 0.717) is 6.04 Å². The Morgan fingerprint density at radius 1 is 1.58 bits per heavy atom. The smallest absolute Gasteiger partial charge is 0.119 e. The summed E-state index contributed by atoms with van der Waals surface area (Å²) >= 11 is 2.01. The Labute approximate surface area is 119 Å². The highest BCUT2D eigenvalue weighted by Crippen LogP contribution is 2.21. The van der Waals surface area contributed by atoms with Crippen LogP contribution in [-0.2, 0) is 6.42 Å². The van der Waals surface area contributed by atoms with Crippen LogP contribution in [0.5, 0.6) is 5.75 Å². The van der Waals surface area contributed by atoms with E-state index in [4.69, 9.17) is 10.6 Å². The summed E-state index contributed by atoms with van der Waals surface area (Å²) < 4.78 is 5.27. The zero-order valence-electron chi connectivity index (χ0n) is 11.6. The van der Waals surface area contributed by atoms with Crippen LogP contribution < -0.4 is 16.0 Å². The monoisotopic (exact) mass is 281 g/mol. The molecule has 106 valence electrons. The molecule has 2 rings (SSSR count). The van der Waals surface area contributed by atoms with Crippen molar-refractivity contribution in [1.82, 2.24) is 10.3 Å². The minimum atomic E-state index is 0.268. The van der Waals surface area contributed by atoms with E-state index in [1.54, 1.807) is 7.11 Å². The van der Waals surface area contributed by atoms with Gasteiger partial charge in [-0.05, 0) is 31.2 Å². The zero-order chi connectivity index (χ0) is 13.7. The summed E-state index contributed by atoms with van der Waals surface area (Å²) in [6.07, 6.45) is 0.920. The van der Waals surface area contributed by atoms with Gasteiger partial charge in [0.1, 0.15) is 5.75 Å². The number of methoxy groups -OCH3 is 1. The normalized spacial score (nSPS) is 22.2. The topological polar surface area (TPSA) is 50.5 Å². The van der Waals surface area contributed by atoms with Crippen LogP contribution in [-0.4, -0.2) is 49.2 Å². The number of benzene rings is 1. The van der Waals surface area contributed by atoms with Gasteiger partial charge in [-0.3, -0.25) is 11.3 Å². The van der Waals surface area contributed by atoms with Gasteiger partial charge in [0.25, 0.3) is 0 Å². The molecular weight excluding hydrogens is 258 g/mol. The average molecular weight is 281 g/mol. The number of ether oxygens (including phenoxy) is 1. The molecular formula is C14H23N3OS. The molecule has 0 aromatic heterocycles. The number of hydrazine groups is 1. The Balaban J connectivity index is 2.05. The lowest BCUT2D eigenvalue weighted by Gasteiger charge is -2.37. The van der Waals surface area contributed by atoms with Gasteiger partial charge in [-0.1, -0.05) is 12.1 Å². The highest BCUT2D eigenvalue weighted by molar-refractivity contribution is 7.99. The van der Waals surface area contributed by atoms with Crippen LogP contribution in [0.1, 0.15) is 5.56 Å². The molecule has 0 bridgehead atoms. The first kappa shape index (κ1) is 14.7. The van der Waals surface area contributed by atoms with Crippen molar-refractivity contribution in [3.63, 3.8) is 0 Å². The van der Waals surface area contributed by atoms with E-state index >= 15 is 0 Å². The third kappa shape index (κ3) is 3.86. The molecule has 1 aliphatic heterocycles. The van der Waals surface area contributed by atoms with E-state index in [1.807, 2.05) is 23.9 Å². The van der Waals surface area contributed by atoms with Crippen molar-refractivity contribution in [2.24, 2.45) is 5.84 Å². The lowest BCUT2D eigenvalue weighted by Crippen LogP contribution is -2.55. The summed E-state index contributed by atoms with van der Waals surface area (Å²) in [7, 11) is 3.88. The molecule has 1 saturated heterocycles. The number of nitrogens with one attached hydrogen (secondary N) is 1. The van der Waals surface area contributed by atoms with Crippen LogP contribution in [0.2, 0.25) is 0 Å². The maximum atomic E-state index is 5.77. The van der Waals surface area contributed by atoms with Crippen molar-refractivity contribution in [2.75, 3.05) is 32.2 Å². The van der Waals surface area contributed by atoms with E-state index < -0.39 is 0 Å². The zero-order valence-corrected chi connectivity index (χ0v) is 12.5. The molecule has 0 radical (unpaired) electrons. The molecule has 19 heavy (non-hydrogen) atoms. The van der Waals surface area contributed by atoms with Gasteiger partial charge in [0, 0.05) is 30.1 Å². The SMILES string of the molecule is COc1cccc(CC(NN)C2CSCCN2C)c1. The molecule has 0 aliphatic carbocycles. The quantitative estimate of drug-likeness (QED) is 0.626. The summed E-state index contributed by atoms with van der Waals surface area (Å²) in [5, 5.41) is 0. The van der Waals surface area contributed by atoms with Gasteiger partial charge in [0.2, 0.25) is 0 Å². The summed E-state index contributed by atoms with van der Waals surface area (Å²) in [5.41, 5.74) is 4.25. The molecule has 0 saturated carbocycles. The predicted octanol–water partition coefficient (Wildman–Crippen LogP) is 1.12. The third-order valence-electron chi connectivity index (χ3n) is 3.71. The fourth-order valence-corrected chi connectivity index (χ4v) is 3.80. The van der Waals surface area contributed by atoms with E-state index in [0.717, 1.165) is 24.5 Å². The highest BCUT2D eigenvalue weighted by atomic mass is 32.2. The molecule has 1 fully saturated rings. The second-order valence-electron chi connectivity index (χ2n) is 4.95. The number of rotatable bonds is 5. The van der Waals surface area contributed by atoms with Crippen molar-refractivity contribution in [1.29, 1.82) is 0 Å². The molecule has 1 aromatic rings. The van der Waals surface area contributed by atoms with Gasteiger partial charge in [0.15, 0.2) is 0 Å². The van der Waals surface area contributed by atoms with Crippen molar-refractivity contribution in [2.45, 2.75) is 18.5 Å². The first-order valence-corrected chi connectivity index (χ1v) is 7.77. The minimum Gasteiger partial charge on any atom is -0.497 e. The molecule has 0 spiro atoms. The summed E-state index contributed by atoms with van der Waals surface area (Å²) in [6.45, 7) is 1.13. The fraction of sp³-hybridized carbons (Fsp3) is 0.571. The first-order valence-electron chi connectivity index (χ1n) is 6.61. The van der Waals surface area contributed by atoms with Crippen LogP contribution in [0.25, 0.3) is 0 Å².